The van der Waals surface area contributed by atoms with E-state index in [4.69, 9.17) is 14.2 Å². The molecule has 1 aliphatic heterocycles. The SMILES string of the molecule is CCC(C)(C)C(=O)OCC(=O)OC1C2OC(=O)C3(C)C2CC1C3(C)C. The first-order valence-electron chi connectivity index (χ1n) is 9.04. The molecule has 0 aromatic carbocycles. The Morgan fingerprint density at radius 1 is 1.24 bits per heavy atom. The van der Waals surface area contributed by atoms with E-state index in [-0.39, 0.29) is 29.3 Å². The van der Waals surface area contributed by atoms with Crippen LogP contribution in [0, 0.1) is 28.1 Å². The summed E-state index contributed by atoms with van der Waals surface area (Å²) >= 11 is 0. The molecule has 2 saturated carbocycles. The lowest BCUT2D eigenvalue weighted by Gasteiger charge is -2.43. The van der Waals surface area contributed by atoms with Crippen LogP contribution >= 0.6 is 0 Å². The third kappa shape index (κ3) is 2.32. The van der Waals surface area contributed by atoms with Crippen LogP contribution in [0.2, 0.25) is 0 Å². The van der Waals surface area contributed by atoms with Gasteiger partial charge in [0.25, 0.3) is 0 Å². The van der Waals surface area contributed by atoms with E-state index in [1.54, 1.807) is 13.8 Å². The largest absolute Gasteiger partial charge is 0.458 e. The van der Waals surface area contributed by atoms with Crippen LogP contribution in [-0.4, -0.2) is 36.7 Å². The standard InChI is InChI=1S/C19H28O6/c1-7-17(2,3)15(21)23-9-12(20)24-13-10-8-11-14(13)25-16(22)19(11,6)18(10,4)5/h10-11,13-14H,7-9H2,1-6H3. The highest BCUT2D eigenvalue weighted by atomic mass is 16.6. The van der Waals surface area contributed by atoms with Crippen molar-refractivity contribution in [3.05, 3.63) is 0 Å². The highest BCUT2D eigenvalue weighted by Crippen LogP contribution is 2.70. The number of carbonyl (C=O) groups excluding carboxylic acids is 3. The maximum absolute atomic E-state index is 12.4. The molecule has 5 unspecified atom stereocenters. The summed E-state index contributed by atoms with van der Waals surface area (Å²) < 4.78 is 16.3. The summed E-state index contributed by atoms with van der Waals surface area (Å²) in [6, 6.07) is 0. The molecule has 3 rings (SSSR count). The second-order valence-corrected chi connectivity index (χ2v) is 9.01. The topological polar surface area (TPSA) is 78.9 Å². The average Bonchev–Trinajstić information content (AvgIpc) is 3.07. The van der Waals surface area contributed by atoms with Crippen LogP contribution in [0.25, 0.3) is 0 Å². The number of rotatable bonds is 5. The van der Waals surface area contributed by atoms with Crippen LogP contribution in [0.1, 0.15) is 54.4 Å². The van der Waals surface area contributed by atoms with Gasteiger partial charge in [0.15, 0.2) is 6.61 Å². The summed E-state index contributed by atoms with van der Waals surface area (Å²) in [6.07, 6.45) is 0.616. The zero-order chi connectivity index (χ0) is 18.8. The normalized spacial score (nSPS) is 37.8. The Labute approximate surface area is 148 Å². The molecule has 6 nitrogen and oxygen atoms in total. The summed E-state index contributed by atoms with van der Waals surface area (Å²) in [7, 11) is 0. The lowest BCUT2D eigenvalue weighted by molar-refractivity contribution is -0.174. The maximum atomic E-state index is 12.4. The molecule has 0 spiro atoms. The molecule has 0 aromatic heterocycles. The monoisotopic (exact) mass is 352 g/mol. The number of ether oxygens (including phenoxy) is 3. The Morgan fingerprint density at radius 2 is 1.88 bits per heavy atom. The van der Waals surface area contributed by atoms with E-state index < -0.39 is 35.5 Å². The second kappa shape index (κ2) is 5.45. The molecule has 0 aromatic rings. The predicted octanol–water partition coefficient (Wildman–Crippen LogP) is 2.49. The first-order valence-corrected chi connectivity index (χ1v) is 9.04. The van der Waals surface area contributed by atoms with Gasteiger partial charge in [0.05, 0.1) is 10.8 Å². The number of esters is 3. The fourth-order valence-corrected chi connectivity index (χ4v) is 4.74. The lowest BCUT2D eigenvalue weighted by Crippen LogP contribution is -2.50. The van der Waals surface area contributed by atoms with Crippen LogP contribution in [0.15, 0.2) is 0 Å². The van der Waals surface area contributed by atoms with Crippen molar-refractivity contribution < 1.29 is 28.6 Å². The minimum Gasteiger partial charge on any atom is -0.458 e. The van der Waals surface area contributed by atoms with Crippen molar-refractivity contribution in [2.75, 3.05) is 6.61 Å². The zero-order valence-corrected chi connectivity index (χ0v) is 15.9. The Morgan fingerprint density at radius 3 is 2.48 bits per heavy atom. The minimum absolute atomic E-state index is 0.0747. The van der Waals surface area contributed by atoms with E-state index in [0.29, 0.717) is 6.42 Å². The molecule has 6 heteroatoms. The number of hydrogen-bond donors (Lipinski definition) is 0. The highest BCUT2D eigenvalue weighted by Gasteiger charge is 2.77. The van der Waals surface area contributed by atoms with Crippen LogP contribution in [0.4, 0.5) is 0 Å². The van der Waals surface area contributed by atoms with Crippen LogP contribution in [0.3, 0.4) is 0 Å². The number of carbonyl (C=O) groups is 3. The maximum Gasteiger partial charge on any atom is 0.344 e. The van der Waals surface area contributed by atoms with Gasteiger partial charge in [-0.1, -0.05) is 20.8 Å². The van der Waals surface area contributed by atoms with Gasteiger partial charge in [0.1, 0.15) is 12.2 Å². The number of fused-ring (bicyclic) bond motifs is 1. The van der Waals surface area contributed by atoms with Gasteiger partial charge < -0.3 is 14.2 Å². The van der Waals surface area contributed by atoms with E-state index in [1.165, 1.54) is 0 Å². The summed E-state index contributed by atoms with van der Waals surface area (Å²) in [5.41, 5.74) is -1.44. The van der Waals surface area contributed by atoms with Gasteiger partial charge in [-0.05, 0) is 39.0 Å². The van der Waals surface area contributed by atoms with Gasteiger partial charge in [-0.25, -0.2) is 4.79 Å². The fourth-order valence-electron chi connectivity index (χ4n) is 4.74. The van der Waals surface area contributed by atoms with Crippen molar-refractivity contribution in [1.82, 2.24) is 0 Å². The van der Waals surface area contributed by atoms with Gasteiger partial charge in [-0.3, -0.25) is 9.59 Å². The molecule has 3 aliphatic rings. The fraction of sp³-hybridized carbons (Fsp3) is 0.842. The van der Waals surface area contributed by atoms with Crippen molar-refractivity contribution in [1.29, 1.82) is 0 Å². The Bertz CT molecular complexity index is 621. The second-order valence-electron chi connectivity index (χ2n) is 9.01. The van der Waals surface area contributed by atoms with Gasteiger partial charge in [-0.2, -0.15) is 0 Å². The van der Waals surface area contributed by atoms with Gasteiger partial charge in [0, 0.05) is 11.8 Å². The molecular formula is C19H28O6. The Kier molecular flexibility index (Phi) is 3.97. The summed E-state index contributed by atoms with van der Waals surface area (Å²) in [6.45, 7) is 11.1. The van der Waals surface area contributed by atoms with Gasteiger partial charge in [-0.15, -0.1) is 0 Å². The number of hydrogen-bond acceptors (Lipinski definition) is 6. The molecule has 0 radical (unpaired) electrons. The summed E-state index contributed by atoms with van der Waals surface area (Å²) in [5.74, 6) is -1.03. The van der Waals surface area contributed by atoms with Gasteiger partial charge in [0.2, 0.25) is 0 Å². The van der Waals surface area contributed by atoms with E-state index in [9.17, 15) is 14.4 Å². The molecule has 2 aliphatic carbocycles. The van der Waals surface area contributed by atoms with E-state index in [0.717, 1.165) is 6.42 Å². The Hall–Kier alpha value is -1.59. The molecule has 0 amide bonds. The van der Waals surface area contributed by atoms with Crippen LogP contribution in [0.5, 0.6) is 0 Å². The molecule has 0 N–H and O–H groups in total. The minimum atomic E-state index is -0.627. The average molecular weight is 352 g/mol. The quantitative estimate of drug-likeness (QED) is 0.559. The van der Waals surface area contributed by atoms with Gasteiger partial charge >= 0.3 is 17.9 Å². The molecule has 25 heavy (non-hydrogen) atoms. The lowest BCUT2D eigenvalue weighted by atomic mass is 9.59. The molecule has 5 atom stereocenters. The molecular weight excluding hydrogens is 324 g/mol. The van der Waals surface area contributed by atoms with Crippen molar-refractivity contribution >= 4 is 17.9 Å². The van der Waals surface area contributed by atoms with Crippen LogP contribution in [-0.2, 0) is 28.6 Å². The predicted molar refractivity (Wildman–Crippen MR) is 88.3 cm³/mol. The third-order valence-corrected chi connectivity index (χ3v) is 7.32. The van der Waals surface area contributed by atoms with Crippen molar-refractivity contribution in [2.45, 2.75) is 66.6 Å². The third-order valence-electron chi connectivity index (χ3n) is 7.32. The molecule has 140 valence electrons. The van der Waals surface area contributed by atoms with Crippen molar-refractivity contribution in [2.24, 2.45) is 28.1 Å². The molecule has 2 bridgehead atoms. The van der Waals surface area contributed by atoms with E-state index >= 15 is 0 Å². The zero-order valence-electron chi connectivity index (χ0n) is 15.9. The van der Waals surface area contributed by atoms with Crippen LogP contribution < -0.4 is 0 Å². The van der Waals surface area contributed by atoms with E-state index in [2.05, 4.69) is 0 Å². The first kappa shape index (κ1) is 18.2. The first-order chi connectivity index (χ1) is 11.5. The highest BCUT2D eigenvalue weighted by molar-refractivity contribution is 5.83. The molecule has 3 fully saturated rings. The summed E-state index contributed by atoms with van der Waals surface area (Å²) in [4.78, 5) is 36.6. The smallest absolute Gasteiger partial charge is 0.344 e. The van der Waals surface area contributed by atoms with Crippen molar-refractivity contribution in [3.63, 3.8) is 0 Å². The van der Waals surface area contributed by atoms with E-state index in [1.807, 2.05) is 27.7 Å². The Balaban J connectivity index is 1.64. The molecule has 1 saturated heterocycles. The summed E-state index contributed by atoms with van der Waals surface area (Å²) in [5, 5.41) is 0. The molecule has 1 heterocycles. The van der Waals surface area contributed by atoms with Crippen molar-refractivity contribution in [3.8, 4) is 0 Å².